The highest BCUT2D eigenvalue weighted by Crippen LogP contribution is 2.50. The van der Waals surface area contributed by atoms with Crippen molar-refractivity contribution in [3.8, 4) is 11.5 Å². The zero-order valence-corrected chi connectivity index (χ0v) is 26.5. The van der Waals surface area contributed by atoms with Gasteiger partial charge in [-0.2, -0.15) is 0 Å². The summed E-state index contributed by atoms with van der Waals surface area (Å²) in [4.78, 5) is 39.8. The van der Waals surface area contributed by atoms with Crippen molar-refractivity contribution in [2.24, 2.45) is 17.8 Å². The maximum absolute atomic E-state index is 13.9. The van der Waals surface area contributed by atoms with Crippen LogP contribution in [0.5, 0.6) is 11.5 Å². The maximum atomic E-state index is 13.9. The standard InChI is InChI=1S/C36H44BNO8/c1-2-10-24(19-25-11-9-12-27(39)20-25)16-17-31-33-26(23-45-28-13-5-3-6-14-28)21-29-34(30(33)22-37(44)46-31)36(43)38(35(29)42)18-8-4-7-15-32(40)41/h3,5-6,9,11-14,19-20,29-31,34,39,44H,2,4,7-8,10,15-18,21-23H2,1H3,(H,40,41)/b24-19+/t29-,30+,31-,34-/m1/s1. The Kier molecular flexibility index (Phi) is 11.4. The number of carbonyl (C=O) groups excluding carboxylic acids is 2. The number of benzene rings is 2. The van der Waals surface area contributed by atoms with E-state index < -0.39 is 31.0 Å². The minimum Gasteiger partial charge on any atom is -0.508 e. The summed E-state index contributed by atoms with van der Waals surface area (Å²) in [5.41, 5.74) is 4.04. The Bertz CT molecular complexity index is 1460. The Balaban J connectivity index is 1.40. The van der Waals surface area contributed by atoms with E-state index >= 15 is 0 Å². The van der Waals surface area contributed by atoms with Crippen molar-refractivity contribution in [1.82, 2.24) is 4.90 Å². The molecule has 0 aromatic heterocycles. The molecule has 9 nitrogen and oxygen atoms in total. The lowest BCUT2D eigenvalue weighted by molar-refractivity contribution is -0.141. The van der Waals surface area contributed by atoms with Gasteiger partial charge in [-0.3, -0.25) is 19.3 Å². The van der Waals surface area contributed by atoms with Crippen LogP contribution in [0.2, 0.25) is 6.32 Å². The highest BCUT2D eigenvalue weighted by atomic mass is 16.5. The first-order chi connectivity index (χ1) is 22.2. The lowest BCUT2D eigenvalue weighted by Gasteiger charge is -2.43. The highest BCUT2D eigenvalue weighted by molar-refractivity contribution is 6.43. The van der Waals surface area contributed by atoms with Gasteiger partial charge >= 0.3 is 13.1 Å². The fourth-order valence-corrected chi connectivity index (χ4v) is 7.35. The number of imide groups is 1. The molecule has 5 rings (SSSR count). The van der Waals surface area contributed by atoms with E-state index in [9.17, 15) is 24.5 Å². The van der Waals surface area contributed by atoms with Crippen LogP contribution in [0.15, 0.2) is 71.3 Å². The summed E-state index contributed by atoms with van der Waals surface area (Å²) in [5.74, 6) is -1.78. The molecule has 244 valence electrons. The number of carbonyl (C=O) groups is 3. The lowest BCUT2D eigenvalue weighted by atomic mass is 9.58. The maximum Gasteiger partial charge on any atom is 0.455 e. The van der Waals surface area contributed by atoms with Crippen LogP contribution in [0, 0.1) is 17.8 Å². The first-order valence-corrected chi connectivity index (χ1v) is 16.5. The number of unbranched alkanes of at least 4 members (excludes halogenated alkanes) is 2. The fourth-order valence-electron chi connectivity index (χ4n) is 7.35. The molecular formula is C36H44BNO8. The van der Waals surface area contributed by atoms with Crippen LogP contribution in [0.4, 0.5) is 0 Å². The normalized spacial score (nSPS) is 23.0. The van der Waals surface area contributed by atoms with Crippen molar-refractivity contribution in [1.29, 1.82) is 0 Å². The lowest BCUT2D eigenvalue weighted by Crippen LogP contribution is -2.46. The van der Waals surface area contributed by atoms with E-state index in [1.807, 2.05) is 42.5 Å². The largest absolute Gasteiger partial charge is 0.508 e. The third kappa shape index (κ3) is 8.09. The smallest absolute Gasteiger partial charge is 0.455 e. The Hall–Kier alpha value is -3.89. The number of aromatic hydroxyl groups is 1. The number of hydrogen-bond acceptors (Lipinski definition) is 7. The van der Waals surface area contributed by atoms with Crippen LogP contribution in [-0.2, 0) is 19.0 Å². The van der Waals surface area contributed by atoms with Crippen molar-refractivity contribution in [2.45, 2.75) is 77.1 Å². The molecule has 2 heterocycles. The zero-order valence-electron chi connectivity index (χ0n) is 26.5. The summed E-state index contributed by atoms with van der Waals surface area (Å²) in [7, 11) is -1.06. The van der Waals surface area contributed by atoms with Crippen molar-refractivity contribution >= 4 is 31.0 Å². The molecule has 2 aromatic carbocycles. The predicted molar refractivity (Wildman–Crippen MR) is 175 cm³/mol. The predicted octanol–water partition coefficient (Wildman–Crippen LogP) is 5.88. The van der Waals surface area contributed by atoms with E-state index in [4.69, 9.17) is 14.5 Å². The molecule has 0 bridgehead atoms. The van der Waals surface area contributed by atoms with Gasteiger partial charge in [-0.15, -0.1) is 0 Å². The average molecular weight is 630 g/mol. The molecule has 46 heavy (non-hydrogen) atoms. The zero-order chi connectivity index (χ0) is 32.6. The van der Waals surface area contributed by atoms with E-state index in [-0.39, 0.29) is 49.4 Å². The minimum atomic E-state index is -1.06. The summed E-state index contributed by atoms with van der Waals surface area (Å²) in [5, 5.41) is 29.9. The van der Waals surface area contributed by atoms with Crippen molar-refractivity contribution in [3.63, 3.8) is 0 Å². The SMILES string of the molecule is CCC/C(=C\c1cccc(O)c1)CC[C@H]1OB(O)C[C@H]2C1=C(COc1ccccc1)C[C@H]1C(=O)N(CCCCCC(=O)O)C(=O)[C@H]12. The van der Waals surface area contributed by atoms with Gasteiger partial charge in [0.2, 0.25) is 11.8 Å². The van der Waals surface area contributed by atoms with E-state index in [1.165, 1.54) is 10.5 Å². The molecule has 2 amide bonds. The number of ether oxygens (including phenoxy) is 1. The summed E-state index contributed by atoms with van der Waals surface area (Å²) < 4.78 is 12.4. The number of nitrogens with zero attached hydrogens (tertiary/aromatic N) is 1. The van der Waals surface area contributed by atoms with Crippen LogP contribution >= 0.6 is 0 Å². The molecule has 1 aliphatic carbocycles. The Morgan fingerprint density at radius 3 is 2.57 bits per heavy atom. The Morgan fingerprint density at radius 1 is 1.02 bits per heavy atom. The first kappa shape index (κ1) is 33.5. The number of carboxylic acid groups (broad SMARTS) is 1. The van der Waals surface area contributed by atoms with E-state index in [0.717, 1.165) is 29.6 Å². The fraction of sp³-hybridized carbons (Fsp3) is 0.472. The molecule has 4 atom stereocenters. The van der Waals surface area contributed by atoms with Crippen molar-refractivity contribution in [2.75, 3.05) is 13.2 Å². The van der Waals surface area contributed by atoms with Crippen LogP contribution in [-0.4, -0.2) is 64.3 Å². The van der Waals surface area contributed by atoms with E-state index in [0.29, 0.717) is 44.3 Å². The number of phenols is 1. The number of hydrogen-bond donors (Lipinski definition) is 3. The second kappa shape index (κ2) is 15.6. The van der Waals surface area contributed by atoms with Gasteiger partial charge in [0.1, 0.15) is 18.1 Å². The summed E-state index contributed by atoms with van der Waals surface area (Å²) in [6.45, 7) is 2.65. The van der Waals surface area contributed by atoms with E-state index in [1.54, 1.807) is 12.1 Å². The number of allylic oxidation sites excluding steroid dienone is 1. The first-order valence-electron chi connectivity index (χ1n) is 16.5. The monoisotopic (exact) mass is 629 g/mol. The number of para-hydroxylation sites is 1. The molecule has 0 radical (unpaired) electrons. The quantitative estimate of drug-likeness (QED) is 0.0964. The molecular weight excluding hydrogens is 585 g/mol. The van der Waals surface area contributed by atoms with Crippen molar-refractivity contribution in [3.05, 3.63) is 76.9 Å². The number of amides is 2. The van der Waals surface area contributed by atoms with Crippen LogP contribution < -0.4 is 4.74 Å². The number of likely N-dealkylation sites (tertiary alicyclic amines) is 1. The molecule has 10 heteroatoms. The van der Waals surface area contributed by atoms with Gasteiger partial charge in [0, 0.05) is 13.0 Å². The number of fused-ring (bicyclic) bond motifs is 3. The number of phenolic OH excluding ortho intramolecular Hbond substituents is 1. The third-order valence-electron chi connectivity index (χ3n) is 9.37. The second-order valence-corrected chi connectivity index (χ2v) is 12.6. The summed E-state index contributed by atoms with van der Waals surface area (Å²) in [6, 6.07) is 16.6. The number of aliphatic carboxylic acids is 1. The highest BCUT2D eigenvalue weighted by Gasteiger charge is 2.57. The van der Waals surface area contributed by atoms with Crippen LogP contribution in [0.3, 0.4) is 0 Å². The molecule has 0 unspecified atom stereocenters. The van der Waals surface area contributed by atoms with Crippen molar-refractivity contribution < 1.29 is 39.0 Å². The molecule has 2 saturated heterocycles. The van der Waals surface area contributed by atoms with Crippen LogP contribution in [0.25, 0.3) is 6.08 Å². The Morgan fingerprint density at radius 2 is 1.83 bits per heavy atom. The number of carboxylic acids is 1. The molecule has 0 spiro atoms. The second-order valence-electron chi connectivity index (χ2n) is 12.6. The van der Waals surface area contributed by atoms with Gasteiger partial charge in [-0.05, 0) is 91.7 Å². The van der Waals surface area contributed by atoms with E-state index in [2.05, 4.69) is 13.0 Å². The topological polar surface area (TPSA) is 134 Å². The van der Waals surface area contributed by atoms with Gasteiger partial charge in [-0.1, -0.05) is 61.7 Å². The molecule has 2 fully saturated rings. The van der Waals surface area contributed by atoms with Gasteiger partial charge in [0.15, 0.2) is 0 Å². The number of rotatable bonds is 15. The summed E-state index contributed by atoms with van der Waals surface area (Å²) >= 11 is 0. The molecule has 3 aliphatic rings. The molecule has 3 N–H and O–H groups in total. The molecule has 0 saturated carbocycles. The van der Waals surface area contributed by atoms with Gasteiger partial charge in [0.25, 0.3) is 0 Å². The average Bonchev–Trinajstić information content (AvgIpc) is 3.27. The van der Waals surface area contributed by atoms with Gasteiger partial charge < -0.3 is 24.6 Å². The minimum absolute atomic E-state index is 0.0650. The summed E-state index contributed by atoms with van der Waals surface area (Å²) in [6.07, 6.45) is 7.13. The Labute approximate surface area is 271 Å². The van der Waals surface area contributed by atoms with Gasteiger partial charge in [-0.25, -0.2) is 0 Å². The van der Waals surface area contributed by atoms with Gasteiger partial charge in [0.05, 0.1) is 17.9 Å². The van der Waals surface area contributed by atoms with Crippen LogP contribution in [0.1, 0.15) is 70.3 Å². The third-order valence-corrected chi connectivity index (χ3v) is 9.37. The molecule has 2 aliphatic heterocycles. The molecule has 2 aromatic rings.